The summed E-state index contributed by atoms with van der Waals surface area (Å²) in [6, 6.07) is 8.44. The van der Waals surface area contributed by atoms with E-state index >= 15 is 0 Å². The summed E-state index contributed by atoms with van der Waals surface area (Å²) >= 11 is 0. The Kier molecular flexibility index (Phi) is 4.87. The number of ether oxygens (including phenoxy) is 1. The number of benzene rings is 1. The molecule has 2 N–H and O–H groups in total. The van der Waals surface area contributed by atoms with Crippen LogP contribution in [0.1, 0.15) is 19.3 Å². The van der Waals surface area contributed by atoms with E-state index in [1.54, 1.807) is 0 Å². The molecule has 1 aliphatic carbocycles. The van der Waals surface area contributed by atoms with Gasteiger partial charge < -0.3 is 19.9 Å². The van der Waals surface area contributed by atoms with Gasteiger partial charge in [0, 0.05) is 54.9 Å². The second kappa shape index (κ2) is 7.50. The smallest absolute Gasteiger partial charge is 0.228 e. The third kappa shape index (κ3) is 3.56. The Balaban J connectivity index is 1.21. The summed E-state index contributed by atoms with van der Waals surface area (Å²) in [4.78, 5) is 15.2. The standard InChI is InChI=1S/C22H30N4O2/c27-21(19-16-22(19)4-6-23-7-5-22)24-18-1-2-20-17(15-18)3-8-26(20)10-9-25-11-13-28-14-12-25/h1-3,8,15,19,23H,4-7,9-14,16H2,(H,24,27). The molecule has 1 unspecified atom stereocenters. The van der Waals surface area contributed by atoms with Gasteiger partial charge in [0.15, 0.2) is 0 Å². The van der Waals surface area contributed by atoms with Gasteiger partial charge in [-0.3, -0.25) is 9.69 Å². The number of hydrogen-bond donors (Lipinski definition) is 2. The first-order valence-electron chi connectivity index (χ1n) is 10.6. The first kappa shape index (κ1) is 18.2. The Bertz CT molecular complexity index is 849. The summed E-state index contributed by atoms with van der Waals surface area (Å²) < 4.78 is 7.73. The van der Waals surface area contributed by atoms with Gasteiger partial charge in [0.25, 0.3) is 0 Å². The van der Waals surface area contributed by atoms with Crippen molar-refractivity contribution >= 4 is 22.5 Å². The fraction of sp³-hybridized carbons (Fsp3) is 0.591. The zero-order valence-electron chi connectivity index (χ0n) is 16.5. The number of aromatic nitrogens is 1. The number of rotatable bonds is 5. The van der Waals surface area contributed by atoms with Crippen LogP contribution in [0.25, 0.3) is 10.9 Å². The minimum Gasteiger partial charge on any atom is -0.379 e. The maximum absolute atomic E-state index is 12.7. The van der Waals surface area contributed by atoms with Crippen molar-refractivity contribution in [1.29, 1.82) is 0 Å². The molecule has 2 aliphatic heterocycles. The van der Waals surface area contributed by atoms with E-state index in [4.69, 9.17) is 4.74 Å². The molecule has 1 aromatic heterocycles. The molecule has 2 aromatic rings. The highest BCUT2D eigenvalue weighted by atomic mass is 16.5. The zero-order valence-corrected chi connectivity index (χ0v) is 16.5. The van der Waals surface area contributed by atoms with Crippen molar-refractivity contribution in [3.8, 4) is 0 Å². The van der Waals surface area contributed by atoms with Crippen molar-refractivity contribution in [2.75, 3.05) is 51.3 Å². The maximum atomic E-state index is 12.7. The van der Waals surface area contributed by atoms with Gasteiger partial charge in [-0.25, -0.2) is 0 Å². The van der Waals surface area contributed by atoms with Crippen LogP contribution in [0.2, 0.25) is 0 Å². The fourth-order valence-corrected chi connectivity index (χ4v) is 4.97. The lowest BCUT2D eigenvalue weighted by Gasteiger charge is -2.26. The van der Waals surface area contributed by atoms with Gasteiger partial charge in [-0.05, 0) is 62.0 Å². The molecule has 28 heavy (non-hydrogen) atoms. The number of piperidine rings is 1. The summed E-state index contributed by atoms with van der Waals surface area (Å²) in [6.45, 7) is 7.85. The van der Waals surface area contributed by atoms with Crippen LogP contribution >= 0.6 is 0 Å². The number of hydrogen-bond acceptors (Lipinski definition) is 4. The highest BCUT2D eigenvalue weighted by molar-refractivity contribution is 5.97. The third-order valence-corrected chi connectivity index (χ3v) is 6.90. The second-order valence-corrected chi connectivity index (χ2v) is 8.60. The van der Waals surface area contributed by atoms with Crippen LogP contribution in [0.15, 0.2) is 30.5 Å². The summed E-state index contributed by atoms with van der Waals surface area (Å²) in [7, 11) is 0. The number of morpholine rings is 1. The van der Waals surface area contributed by atoms with Gasteiger partial charge in [0.1, 0.15) is 0 Å². The zero-order chi connectivity index (χ0) is 19.0. The number of nitrogens with one attached hydrogen (secondary N) is 2. The highest BCUT2D eigenvalue weighted by Gasteiger charge is 2.57. The van der Waals surface area contributed by atoms with Crippen molar-refractivity contribution in [1.82, 2.24) is 14.8 Å². The Morgan fingerprint density at radius 2 is 2.00 bits per heavy atom. The van der Waals surface area contributed by atoms with Crippen LogP contribution in [0.5, 0.6) is 0 Å². The molecule has 1 amide bonds. The van der Waals surface area contributed by atoms with Crippen molar-refractivity contribution in [3.63, 3.8) is 0 Å². The fourth-order valence-electron chi connectivity index (χ4n) is 4.97. The first-order valence-corrected chi connectivity index (χ1v) is 10.6. The van der Waals surface area contributed by atoms with Gasteiger partial charge in [0.2, 0.25) is 5.91 Å². The minimum absolute atomic E-state index is 0.198. The minimum atomic E-state index is 0.198. The van der Waals surface area contributed by atoms with E-state index in [1.165, 1.54) is 10.9 Å². The predicted octanol–water partition coefficient (Wildman–Crippen LogP) is 2.30. The molecule has 3 fully saturated rings. The van der Waals surface area contributed by atoms with Gasteiger partial charge in [-0.2, -0.15) is 0 Å². The normalized spacial score (nSPS) is 24.5. The maximum Gasteiger partial charge on any atom is 0.228 e. The van der Waals surface area contributed by atoms with Crippen LogP contribution in [0, 0.1) is 11.3 Å². The van der Waals surface area contributed by atoms with Crippen LogP contribution in [0.3, 0.4) is 0 Å². The van der Waals surface area contributed by atoms with Crippen LogP contribution in [-0.2, 0) is 16.1 Å². The van der Waals surface area contributed by atoms with Gasteiger partial charge in [-0.15, -0.1) is 0 Å². The van der Waals surface area contributed by atoms with E-state index in [-0.39, 0.29) is 17.2 Å². The molecule has 3 aliphatic rings. The number of nitrogens with zero attached hydrogens (tertiary/aromatic N) is 2. The van der Waals surface area contributed by atoms with Crippen LogP contribution in [0.4, 0.5) is 5.69 Å². The Hall–Kier alpha value is -1.89. The average molecular weight is 383 g/mol. The SMILES string of the molecule is O=C(Nc1ccc2c(ccn2CCN2CCOCC2)c1)C1CC12CCNCC2. The molecule has 6 heteroatoms. The number of carbonyl (C=O) groups excluding carboxylic acids is 1. The van der Waals surface area contributed by atoms with E-state index in [1.807, 2.05) is 6.07 Å². The Labute approximate surface area is 166 Å². The molecule has 1 aromatic carbocycles. The van der Waals surface area contributed by atoms with Gasteiger partial charge in [0.05, 0.1) is 13.2 Å². The van der Waals surface area contributed by atoms with Crippen LogP contribution in [-0.4, -0.2) is 61.3 Å². The van der Waals surface area contributed by atoms with Crippen molar-refractivity contribution in [2.45, 2.75) is 25.8 Å². The molecular weight excluding hydrogens is 352 g/mol. The molecule has 0 radical (unpaired) electrons. The number of fused-ring (bicyclic) bond motifs is 1. The van der Waals surface area contributed by atoms with E-state index in [2.05, 4.69) is 44.5 Å². The van der Waals surface area contributed by atoms with Crippen molar-refractivity contribution in [3.05, 3.63) is 30.5 Å². The molecule has 3 heterocycles. The predicted molar refractivity (Wildman–Crippen MR) is 110 cm³/mol. The van der Waals surface area contributed by atoms with E-state index in [9.17, 15) is 4.79 Å². The molecule has 150 valence electrons. The summed E-state index contributed by atoms with van der Waals surface area (Å²) in [6.07, 6.45) is 5.48. The molecule has 5 rings (SSSR count). The quantitative estimate of drug-likeness (QED) is 0.833. The van der Waals surface area contributed by atoms with Gasteiger partial charge >= 0.3 is 0 Å². The molecular formula is C22H30N4O2. The monoisotopic (exact) mass is 382 g/mol. The number of carbonyl (C=O) groups is 1. The molecule has 1 saturated carbocycles. The molecule has 1 atom stereocenters. The molecule has 2 saturated heterocycles. The summed E-state index contributed by atoms with van der Waals surface area (Å²) in [5.41, 5.74) is 2.43. The molecule has 0 bridgehead atoms. The molecule has 6 nitrogen and oxygen atoms in total. The highest BCUT2D eigenvalue weighted by Crippen LogP contribution is 2.58. The topological polar surface area (TPSA) is 58.5 Å². The number of anilines is 1. The lowest BCUT2D eigenvalue weighted by atomic mass is 9.92. The lowest BCUT2D eigenvalue weighted by Crippen LogP contribution is -2.38. The lowest BCUT2D eigenvalue weighted by molar-refractivity contribution is -0.118. The average Bonchev–Trinajstić information content (AvgIpc) is 3.27. The van der Waals surface area contributed by atoms with Crippen molar-refractivity contribution < 1.29 is 9.53 Å². The third-order valence-electron chi connectivity index (χ3n) is 6.90. The second-order valence-electron chi connectivity index (χ2n) is 8.60. The summed E-state index contributed by atoms with van der Waals surface area (Å²) in [5.74, 6) is 0.399. The van der Waals surface area contributed by atoms with E-state index in [0.29, 0.717) is 0 Å². The first-order chi connectivity index (χ1) is 13.7. The Morgan fingerprint density at radius 3 is 2.82 bits per heavy atom. The van der Waals surface area contributed by atoms with Crippen LogP contribution < -0.4 is 10.6 Å². The van der Waals surface area contributed by atoms with E-state index < -0.39 is 0 Å². The Morgan fingerprint density at radius 1 is 1.18 bits per heavy atom. The van der Waals surface area contributed by atoms with Gasteiger partial charge in [-0.1, -0.05) is 0 Å². The molecule has 1 spiro atoms. The van der Waals surface area contributed by atoms with Crippen molar-refractivity contribution in [2.24, 2.45) is 11.3 Å². The number of amides is 1. The van der Waals surface area contributed by atoms with E-state index in [0.717, 1.165) is 77.4 Å². The summed E-state index contributed by atoms with van der Waals surface area (Å²) in [5, 5.41) is 7.76. The largest absolute Gasteiger partial charge is 0.379 e.